The number of hydrogen-bond donors (Lipinski definition) is 1. The molecular formula is C12H19N3O3. The highest BCUT2D eigenvalue weighted by atomic mass is 16.5. The predicted molar refractivity (Wildman–Crippen MR) is 67.9 cm³/mol. The Morgan fingerprint density at radius 2 is 2.28 bits per heavy atom. The number of aliphatic carboxylic acids is 1. The molecule has 0 amide bonds. The van der Waals surface area contributed by atoms with Gasteiger partial charge in [-0.25, -0.2) is 4.98 Å². The number of nitrogens with zero attached hydrogens (tertiary/aromatic N) is 3. The highest BCUT2D eigenvalue weighted by Crippen LogP contribution is 2.15. The predicted octanol–water partition coefficient (Wildman–Crippen LogP) is 1.56. The molecule has 100 valence electrons. The minimum Gasteiger partial charge on any atom is -0.480 e. The summed E-state index contributed by atoms with van der Waals surface area (Å²) in [6.07, 6.45) is 2.47. The maximum atomic E-state index is 10.8. The summed E-state index contributed by atoms with van der Waals surface area (Å²) in [5, 5.41) is 8.88. The Labute approximate surface area is 107 Å². The average molecular weight is 253 g/mol. The van der Waals surface area contributed by atoms with E-state index in [1.807, 2.05) is 20.8 Å². The van der Waals surface area contributed by atoms with Gasteiger partial charge < -0.3 is 14.7 Å². The number of aromatic nitrogens is 2. The molecule has 0 unspecified atom stereocenters. The number of ether oxygens (including phenoxy) is 1. The van der Waals surface area contributed by atoms with Crippen LogP contribution in [0.4, 0.5) is 5.95 Å². The smallest absolute Gasteiger partial charge is 0.323 e. The van der Waals surface area contributed by atoms with Crippen molar-refractivity contribution in [2.24, 2.45) is 0 Å². The van der Waals surface area contributed by atoms with Gasteiger partial charge >= 0.3 is 5.97 Å². The van der Waals surface area contributed by atoms with Crippen molar-refractivity contribution in [3.05, 3.63) is 12.3 Å². The Morgan fingerprint density at radius 1 is 1.56 bits per heavy atom. The third-order valence-electron chi connectivity index (χ3n) is 2.26. The molecule has 0 radical (unpaired) electrons. The van der Waals surface area contributed by atoms with Gasteiger partial charge in [-0.1, -0.05) is 6.92 Å². The van der Waals surface area contributed by atoms with Crippen LogP contribution in [-0.4, -0.2) is 40.2 Å². The van der Waals surface area contributed by atoms with E-state index >= 15 is 0 Å². The molecule has 1 aromatic heterocycles. The van der Waals surface area contributed by atoms with Gasteiger partial charge in [0.1, 0.15) is 6.54 Å². The van der Waals surface area contributed by atoms with E-state index in [1.165, 1.54) is 0 Å². The molecule has 0 aliphatic rings. The van der Waals surface area contributed by atoms with Gasteiger partial charge in [0.15, 0.2) is 0 Å². The lowest BCUT2D eigenvalue weighted by Crippen LogP contribution is -2.37. The van der Waals surface area contributed by atoms with Crippen LogP contribution in [0.5, 0.6) is 5.88 Å². The highest BCUT2D eigenvalue weighted by molar-refractivity contribution is 5.72. The Hall–Kier alpha value is -1.85. The van der Waals surface area contributed by atoms with Crippen molar-refractivity contribution in [1.29, 1.82) is 0 Å². The maximum absolute atomic E-state index is 10.8. The number of rotatable bonds is 7. The largest absolute Gasteiger partial charge is 0.480 e. The molecule has 0 fully saturated rings. The van der Waals surface area contributed by atoms with Crippen LogP contribution >= 0.6 is 0 Å². The van der Waals surface area contributed by atoms with Gasteiger partial charge in [0.25, 0.3) is 0 Å². The summed E-state index contributed by atoms with van der Waals surface area (Å²) >= 11 is 0. The van der Waals surface area contributed by atoms with E-state index in [2.05, 4.69) is 9.97 Å². The van der Waals surface area contributed by atoms with Crippen molar-refractivity contribution < 1.29 is 14.6 Å². The third-order valence-corrected chi connectivity index (χ3v) is 2.26. The molecule has 0 aromatic carbocycles. The van der Waals surface area contributed by atoms with Gasteiger partial charge in [-0.05, 0) is 20.3 Å². The summed E-state index contributed by atoms with van der Waals surface area (Å²) in [6.45, 7) is 6.25. The maximum Gasteiger partial charge on any atom is 0.323 e. The van der Waals surface area contributed by atoms with Crippen molar-refractivity contribution in [1.82, 2.24) is 9.97 Å². The molecule has 1 heterocycles. The molecule has 6 heteroatoms. The molecule has 1 rings (SSSR count). The summed E-state index contributed by atoms with van der Waals surface area (Å²) in [5.41, 5.74) is 0. The molecule has 0 spiro atoms. The summed E-state index contributed by atoms with van der Waals surface area (Å²) in [7, 11) is 0. The van der Waals surface area contributed by atoms with E-state index in [-0.39, 0.29) is 12.6 Å². The number of carbonyl (C=O) groups is 1. The molecule has 0 aliphatic heterocycles. The van der Waals surface area contributed by atoms with Crippen LogP contribution in [0.25, 0.3) is 0 Å². The number of anilines is 1. The first-order valence-electron chi connectivity index (χ1n) is 5.98. The van der Waals surface area contributed by atoms with E-state index in [4.69, 9.17) is 9.84 Å². The molecule has 18 heavy (non-hydrogen) atoms. The monoisotopic (exact) mass is 253 g/mol. The van der Waals surface area contributed by atoms with Crippen LogP contribution in [0.15, 0.2) is 12.3 Å². The summed E-state index contributed by atoms with van der Waals surface area (Å²) in [5.74, 6) is -0.0638. The van der Waals surface area contributed by atoms with E-state index in [0.29, 0.717) is 18.4 Å². The van der Waals surface area contributed by atoms with E-state index < -0.39 is 5.97 Å². The zero-order chi connectivity index (χ0) is 13.5. The van der Waals surface area contributed by atoms with Crippen LogP contribution in [0, 0.1) is 0 Å². The van der Waals surface area contributed by atoms with E-state index in [0.717, 1.165) is 6.42 Å². The van der Waals surface area contributed by atoms with Crippen LogP contribution in [0.1, 0.15) is 27.2 Å². The summed E-state index contributed by atoms with van der Waals surface area (Å²) in [4.78, 5) is 20.7. The Kier molecular flexibility index (Phi) is 5.35. The van der Waals surface area contributed by atoms with Crippen LogP contribution in [0.2, 0.25) is 0 Å². The first-order valence-corrected chi connectivity index (χ1v) is 5.98. The second-order valence-electron chi connectivity index (χ2n) is 4.16. The summed E-state index contributed by atoms with van der Waals surface area (Å²) < 4.78 is 5.41. The molecule has 1 aromatic rings. The van der Waals surface area contributed by atoms with Gasteiger partial charge in [0.05, 0.1) is 6.61 Å². The fourth-order valence-corrected chi connectivity index (χ4v) is 1.39. The Bertz CT molecular complexity index is 396. The zero-order valence-electron chi connectivity index (χ0n) is 11.0. The summed E-state index contributed by atoms with van der Waals surface area (Å²) in [6, 6.07) is 1.67. The first kappa shape index (κ1) is 14.2. The number of carboxylic acids is 1. The van der Waals surface area contributed by atoms with Crippen molar-refractivity contribution in [2.45, 2.75) is 33.2 Å². The fraction of sp³-hybridized carbons (Fsp3) is 0.583. The normalized spacial score (nSPS) is 10.4. The van der Waals surface area contributed by atoms with Crippen molar-refractivity contribution in [3.8, 4) is 5.88 Å². The number of hydrogen-bond acceptors (Lipinski definition) is 5. The minimum atomic E-state index is -0.910. The Balaban J connectivity index is 2.87. The third kappa shape index (κ3) is 4.20. The minimum absolute atomic E-state index is 0.00234. The zero-order valence-corrected chi connectivity index (χ0v) is 11.0. The van der Waals surface area contributed by atoms with Crippen LogP contribution in [0.3, 0.4) is 0 Å². The van der Waals surface area contributed by atoms with Crippen molar-refractivity contribution in [2.75, 3.05) is 18.1 Å². The van der Waals surface area contributed by atoms with Gasteiger partial charge in [-0.15, -0.1) is 0 Å². The standard InChI is InChI=1S/C12H19N3O3/c1-4-7-18-10-5-6-13-12(14-10)15(9(2)3)8-11(16)17/h5-6,9H,4,7-8H2,1-3H3,(H,16,17). The van der Waals surface area contributed by atoms with E-state index in [1.54, 1.807) is 17.2 Å². The molecule has 6 nitrogen and oxygen atoms in total. The average Bonchev–Trinajstić information content (AvgIpc) is 2.33. The fourth-order valence-electron chi connectivity index (χ4n) is 1.39. The van der Waals surface area contributed by atoms with E-state index in [9.17, 15) is 4.79 Å². The first-order chi connectivity index (χ1) is 8.54. The molecule has 0 saturated heterocycles. The number of carboxylic acid groups (broad SMARTS) is 1. The second kappa shape index (κ2) is 6.78. The van der Waals surface area contributed by atoms with Gasteiger partial charge in [-0.2, -0.15) is 4.98 Å². The van der Waals surface area contributed by atoms with Crippen molar-refractivity contribution in [3.63, 3.8) is 0 Å². The molecule has 0 aliphatic carbocycles. The quantitative estimate of drug-likeness (QED) is 0.794. The second-order valence-corrected chi connectivity index (χ2v) is 4.16. The van der Waals surface area contributed by atoms with Gasteiger partial charge in [0, 0.05) is 18.3 Å². The lowest BCUT2D eigenvalue weighted by molar-refractivity contribution is -0.135. The molecular weight excluding hydrogens is 234 g/mol. The SMILES string of the molecule is CCCOc1ccnc(N(CC(=O)O)C(C)C)n1. The van der Waals surface area contributed by atoms with Crippen LogP contribution in [-0.2, 0) is 4.79 Å². The van der Waals surface area contributed by atoms with Crippen LogP contribution < -0.4 is 9.64 Å². The molecule has 0 atom stereocenters. The van der Waals surface area contributed by atoms with Gasteiger partial charge in [-0.3, -0.25) is 4.79 Å². The van der Waals surface area contributed by atoms with Crippen molar-refractivity contribution >= 4 is 11.9 Å². The molecule has 1 N–H and O–H groups in total. The molecule has 0 saturated carbocycles. The highest BCUT2D eigenvalue weighted by Gasteiger charge is 2.17. The topological polar surface area (TPSA) is 75.5 Å². The molecule has 0 bridgehead atoms. The Morgan fingerprint density at radius 3 is 2.83 bits per heavy atom. The van der Waals surface area contributed by atoms with Gasteiger partial charge in [0.2, 0.25) is 11.8 Å². The lowest BCUT2D eigenvalue weighted by Gasteiger charge is -2.24. The lowest BCUT2D eigenvalue weighted by atomic mass is 10.3.